The van der Waals surface area contributed by atoms with E-state index in [9.17, 15) is 13.2 Å². The summed E-state index contributed by atoms with van der Waals surface area (Å²) in [6, 6.07) is 6.51. The molecular formula is C12H16N2O4S. The summed E-state index contributed by atoms with van der Waals surface area (Å²) in [6.45, 7) is 3.35. The van der Waals surface area contributed by atoms with Gasteiger partial charge in [-0.3, -0.25) is 4.79 Å². The third-order valence-corrected chi connectivity index (χ3v) is 5.35. The van der Waals surface area contributed by atoms with Gasteiger partial charge in [-0.05, 0) is 26.0 Å². The van der Waals surface area contributed by atoms with Crippen molar-refractivity contribution in [3.63, 3.8) is 0 Å². The van der Waals surface area contributed by atoms with Crippen molar-refractivity contribution < 1.29 is 17.9 Å². The van der Waals surface area contributed by atoms with Crippen molar-refractivity contribution in [3.8, 4) is 5.75 Å². The number of hydrogen-bond acceptors (Lipinski definition) is 5. The van der Waals surface area contributed by atoms with Crippen LogP contribution in [0.5, 0.6) is 5.75 Å². The number of benzene rings is 1. The van der Waals surface area contributed by atoms with Crippen LogP contribution in [0.25, 0.3) is 0 Å². The Bertz CT molecular complexity index is 610. The quantitative estimate of drug-likeness (QED) is 0.868. The van der Waals surface area contributed by atoms with Gasteiger partial charge in [0.2, 0.25) is 0 Å². The number of carbonyl (C=O) groups is 1. The van der Waals surface area contributed by atoms with Crippen molar-refractivity contribution in [1.82, 2.24) is 0 Å². The molecule has 1 aromatic carbocycles. The highest BCUT2D eigenvalue weighted by Gasteiger charge is 2.61. The predicted octanol–water partition coefficient (Wildman–Crippen LogP) is 0.479. The summed E-state index contributed by atoms with van der Waals surface area (Å²) < 4.78 is 29.0. The van der Waals surface area contributed by atoms with E-state index >= 15 is 0 Å². The third kappa shape index (κ3) is 1.89. The number of nitrogens with two attached hydrogens (primary N) is 1. The first-order valence-corrected chi connectivity index (χ1v) is 7.29. The van der Waals surface area contributed by atoms with E-state index in [1.54, 1.807) is 18.2 Å². The normalized spacial score (nSPS) is 19.9. The summed E-state index contributed by atoms with van der Waals surface area (Å²) in [7, 11) is -3.68. The summed E-state index contributed by atoms with van der Waals surface area (Å²) in [5.74, 6) is -0.128. The molecule has 1 aliphatic heterocycles. The molecule has 0 unspecified atom stereocenters. The lowest BCUT2D eigenvalue weighted by molar-refractivity contribution is -0.120. The molecule has 7 heteroatoms. The zero-order valence-corrected chi connectivity index (χ0v) is 11.6. The first kappa shape index (κ1) is 13.8. The fraction of sp³-hybridized carbons (Fsp3) is 0.417. The second-order valence-corrected chi connectivity index (χ2v) is 7.03. The molecule has 19 heavy (non-hydrogen) atoms. The number of amides is 1. The second kappa shape index (κ2) is 4.50. The van der Waals surface area contributed by atoms with Crippen LogP contribution in [0.1, 0.15) is 13.8 Å². The van der Waals surface area contributed by atoms with Gasteiger partial charge in [0.1, 0.15) is 18.0 Å². The Hall–Kier alpha value is -1.60. The highest BCUT2D eigenvalue weighted by atomic mass is 32.2. The maximum Gasteiger partial charge on any atom is 0.263 e. The van der Waals surface area contributed by atoms with Gasteiger partial charge >= 0.3 is 0 Å². The molecule has 0 saturated carbocycles. The second-order valence-electron chi connectivity index (χ2n) is 4.69. The van der Waals surface area contributed by atoms with Crippen LogP contribution in [0.3, 0.4) is 0 Å². The molecule has 0 atom stereocenters. The molecule has 1 heterocycles. The van der Waals surface area contributed by atoms with E-state index < -0.39 is 20.7 Å². The van der Waals surface area contributed by atoms with Crippen molar-refractivity contribution in [1.29, 1.82) is 0 Å². The minimum atomic E-state index is -3.68. The van der Waals surface area contributed by atoms with Gasteiger partial charge in [-0.2, -0.15) is 0 Å². The fourth-order valence-electron chi connectivity index (χ4n) is 1.81. The topological polar surface area (TPSA) is 89.7 Å². The summed E-state index contributed by atoms with van der Waals surface area (Å²) in [5.41, 5.74) is 5.59. The molecular weight excluding hydrogens is 268 g/mol. The molecule has 1 fully saturated rings. The molecule has 1 saturated heterocycles. The van der Waals surface area contributed by atoms with Gasteiger partial charge in [0.15, 0.2) is 4.75 Å². The number of rotatable bonds is 4. The van der Waals surface area contributed by atoms with Gasteiger partial charge in [-0.25, -0.2) is 12.7 Å². The molecule has 1 amide bonds. The number of carbonyl (C=O) groups excluding carboxylic acids is 1. The average Bonchev–Trinajstić information content (AvgIpc) is 2.37. The standard InChI is InChI=1S/C12H16N2O4S/c1-12(2)11(15)14(19(12,16)17)9-5-3-4-6-10(9)18-8-7-13/h3-6H,7-8,13H2,1-2H3. The van der Waals surface area contributed by atoms with Crippen molar-refractivity contribution in [2.45, 2.75) is 18.6 Å². The van der Waals surface area contributed by atoms with Crippen molar-refractivity contribution in [3.05, 3.63) is 24.3 Å². The number of anilines is 1. The molecule has 0 radical (unpaired) electrons. The minimum Gasteiger partial charge on any atom is -0.490 e. The predicted molar refractivity (Wildman–Crippen MR) is 71.5 cm³/mol. The smallest absolute Gasteiger partial charge is 0.263 e. The van der Waals surface area contributed by atoms with Gasteiger partial charge < -0.3 is 10.5 Å². The van der Waals surface area contributed by atoms with Crippen LogP contribution >= 0.6 is 0 Å². The summed E-state index contributed by atoms with van der Waals surface area (Å²) in [6.07, 6.45) is 0. The van der Waals surface area contributed by atoms with Crippen LogP contribution in [-0.4, -0.2) is 32.2 Å². The van der Waals surface area contributed by atoms with Crippen molar-refractivity contribution in [2.24, 2.45) is 5.73 Å². The molecule has 0 aliphatic carbocycles. The first-order chi connectivity index (χ1) is 8.84. The summed E-state index contributed by atoms with van der Waals surface area (Å²) >= 11 is 0. The van der Waals surface area contributed by atoms with Crippen LogP contribution < -0.4 is 14.8 Å². The molecule has 1 aliphatic rings. The fourth-order valence-corrected chi connectivity index (χ4v) is 3.30. The van der Waals surface area contributed by atoms with E-state index in [0.29, 0.717) is 12.3 Å². The zero-order chi connectivity index (χ0) is 14.3. The lowest BCUT2D eigenvalue weighted by Crippen LogP contribution is -2.67. The number of sulfonamides is 1. The average molecular weight is 284 g/mol. The molecule has 0 spiro atoms. The van der Waals surface area contributed by atoms with E-state index in [2.05, 4.69) is 0 Å². The zero-order valence-electron chi connectivity index (χ0n) is 10.8. The summed E-state index contributed by atoms with van der Waals surface area (Å²) in [4.78, 5) is 12.0. The van der Waals surface area contributed by atoms with Crippen LogP contribution in [0.2, 0.25) is 0 Å². The van der Waals surface area contributed by atoms with Crippen LogP contribution in [-0.2, 0) is 14.8 Å². The molecule has 0 bridgehead atoms. The van der Waals surface area contributed by atoms with Gasteiger partial charge in [0.05, 0.1) is 0 Å². The van der Waals surface area contributed by atoms with E-state index in [0.717, 1.165) is 4.31 Å². The van der Waals surface area contributed by atoms with Gasteiger partial charge in [-0.1, -0.05) is 12.1 Å². The Morgan fingerprint density at radius 1 is 1.32 bits per heavy atom. The van der Waals surface area contributed by atoms with E-state index in [4.69, 9.17) is 10.5 Å². The number of hydrogen-bond donors (Lipinski definition) is 1. The van der Waals surface area contributed by atoms with Crippen LogP contribution in [0.4, 0.5) is 5.69 Å². The van der Waals surface area contributed by atoms with Crippen LogP contribution in [0, 0.1) is 0 Å². The lowest BCUT2D eigenvalue weighted by atomic mass is 10.1. The molecule has 2 rings (SSSR count). The highest BCUT2D eigenvalue weighted by Crippen LogP contribution is 2.42. The van der Waals surface area contributed by atoms with Crippen molar-refractivity contribution in [2.75, 3.05) is 17.5 Å². The highest BCUT2D eigenvalue weighted by molar-refractivity contribution is 7.98. The molecule has 1 aromatic rings. The first-order valence-electron chi connectivity index (χ1n) is 5.85. The number of nitrogens with zero attached hydrogens (tertiary/aromatic N) is 1. The molecule has 0 aromatic heterocycles. The Morgan fingerprint density at radius 2 is 1.95 bits per heavy atom. The maximum absolute atomic E-state index is 12.1. The maximum atomic E-state index is 12.1. The van der Waals surface area contributed by atoms with Crippen molar-refractivity contribution >= 4 is 21.6 Å². The van der Waals surface area contributed by atoms with E-state index in [1.165, 1.54) is 19.9 Å². The van der Waals surface area contributed by atoms with Crippen LogP contribution in [0.15, 0.2) is 24.3 Å². The number of para-hydroxylation sites is 2. The SMILES string of the molecule is CC1(C)C(=O)N(c2ccccc2OCCN)S1(=O)=O. The monoisotopic (exact) mass is 284 g/mol. The Balaban J connectivity index is 2.42. The van der Waals surface area contributed by atoms with Gasteiger partial charge in [-0.15, -0.1) is 0 Å². The minimum absolute atomic E-state index is 0.236. The third-order valence-electron chi connectivity index (χ3n) is 3.04. The van der Waals surface area contributed by atoms with Gasteiger partial charge in [0, 0.05) is 6.54 Å². The molecule has 6 nitrogen and oxygen atoms in total. The Kier molecular flexibility index (Phi) is 3.27. The summed E-state index contributed by atoms with van der Waals surface area (Å²) in [5, 5.41) is 0. The number of ether oxygens (including phenoxy) is 1. The lowest BCUT2D eigenvalue weighted by Gasteiger charge is -2.43. The Labute approximate surface area is 112 Å². The van der Waals surface area contributed by atoms with Gasteiger partial charge in [0.25, 0.3) is 15.9 Å². The Morgan fingerprint density at radius 3 is 2.53 bits per heavy atom. The molecule has 104 valence electrons. The molecule has 2 N–H and O–H groups in total. The van der Waals surface area contributed by atoms with E-state index in [-0.39, 0.29) is 12.3 Å². The van der Waals surface area contributed by atoms with E-state index in [1.807, 2.05) is 0 Å². The largest absolute Gasteiger partial charge is 0.490 e.